The van der Waals surface area contributed by atoms with Gasteiger partial charge < -0.3 is 23.5 Å². The molecule has 0 aliphatic rings. The molecule has 0 saturated carbocycles. The zero-order valence-electron chi connectivity index (χ0n) is 25.1. The van der Waals surface area contributed by atoms with Crippen molar-refractivity contribution < 1.29 is 22.6 Å². The van der Waals surface area contributed by atoms with Crippen molar-refractivity contribution in [1.82, 2.24) is 9.30 Å². The summed E-state index contributed by atoms with van der Waals surface area (Å²) in [6, 6.07) is 26.3. The second-order valence-electron chi connectivity index (χ2n) is 10.6. The van der Waals surface area contributed by atoms with E-state index in [0.29, 0.717) is 28.3 Å². The van der Waals surface area contributed by atoms with Gasteiger partial charge in [0.05, 0.1) is 31.2 Å². The zero-order valence-corrected chi connectivity index (χ0v) is 25.9. The lowest BCUT2D eigenvalue weighted by atomic mass is 10.1. The third kappa shape index (κ3) is 6.71. The fourth-order valence-corrected chi connectivity index (χ4v) is 7.00. The topological polar surface area (TPSA) is 69.5 Å². The van der Waals surface area contributed by atoms with E-state index in [1.807, 2.05) is 78.3 Å². The number of ether oxygens (including phenoxy) is 3. The first kappa shape index (κ1) is 30.2. The molecule has 2 heterocycles. The second-order valence-corrected chi connectivity index (χ2v) is 12.5. The maximum atomic E-state index is 14.1. The number of aryl methyl sites for hydroxylation is 1. The number of methoxy groups -OCH3 is 2. The lowest BCUT2D eigenvalue weighted by Gasteiger charge is -2.17. The molecule has 0 aliphatic heterocycles. The molecule has 0 radical (unpaired) electrons. The summed E-state index contributed by atoms with van der Waals surface area (Å²) in [7, 11) is 1.56. The predicted molar refractivity (Wildman–Crippen MR) is 170 cm³/mol. The molecule has 0 atom stereocenters. The lowest BCUT2D eigenvalue weighted by molar-refractivity contribution is 0.264. The van der Waals surface area contributed by atoms with E-state index in [4.69, 9.17) is 14.2 Å². The summed E-state index contributed by atoms with van der Waals surface area (Å²) in [6.07, 6.45) is 5.53. The summed E-state index contributed by atoms with van der Waals surface area (Å²) >= 11 is 0. The van der Waals surface area contributed by atoms with Crippen molar-refractivity contribution in [3.05, 3.63) is 108 Å². The van der Waals surface area contributed by atoms with Gasteiger partial charge in [-0.15, -0.1) is 0 Å². The number of hydrogen-bond donors (Lipinski definition) is 0. The highest BCUT2D eigenvalue weighted by atomic mass is 32.2. The number of aromatic nitrogens is 1. The molecular formula is C35H38N2O5S. The minimum Gasteiger partial charge on any atom is -0.494 e. The molecule has 5 aromatic rings. The fourth-order valence-electron chi connectivity index (χ4n) is 5.29. The highest BCUT2D eigenvalue weighted by molar-refractivity contribution is 7.91. The normalized spacial score (nSPS) is 11.7. The summed E-state index contributed by atoms with van der Waals surface area (Å²) in [5.41, 5.74) is 4.33. The van der Waals surface area contributed by atoms with Crippen LogP contribution >= 0.6 is 0 Å². The average Bonchev–Trinajstić information content (AvgIpc) is 3.45. The summed E-state index contributed by atoms with van der Waals surface area (Å²) in [4.78, 5) is 2.83. The largest absolute Gasteiger partial charge is 0.494 e. The Morgan fingerprint density at radius 2 is 1.58 bits per heavy atom. The van der Waals surface area contributed by atoms with Crippen molar-refractivity contribution in [2.45, 2.75) is 29.6 Å². The van der Waals surface area contributed by atoms with Crippen LogP contribution in [0.4, 0.5) is 0 Å². The average molecular weight is 599 g/mol. The van der Waals surface area contributed by atoms with Crippen molar-refractivity contribution in [2.24, 2.45) is 0 Å². The molecule has 0 spiro atoms. The third-order valence-corrected chi connectivity index (χ3v) is 9.47. The maximum absolute atomic E-state index is 14.1. The summed E-state index contributed by atoms with van der Waals surface area (Å²) in [6.45, 7) is 4.26. The molecular weight excluding hydrogens is 560 g/mol. The van der Waals surface area contributed by atoms with E-state index in [0.717, 1.165) is 48.6 Å². The molecule has 0 fully saturated rings. The molecule has 0 N–H and O–H groups in total. The predicted octanol–water partition coefficient (Wildman–Crippen LogP) is 6.71. The van der Waals surface area contributed by atoms with Crippen molar-refractivity contribution >= 4 is 15.4 Å². The van der Waals surface area contributed by atoms with Crippen LogP contribution < -0.4 is 14.2 Å². The maximum Gasteiger partial charge on any atom is 0.209 e. The highest BCUT2D eigenvalue weighted by Crippen LogP contribution is 2.37. The van der Waals surface area contributed by atoms with Gasteiger partial charge in [-0.3, -0.25) is 0 Å². The molecule has 0 saturated heterocycles. The van der Waals surface area contributed by atoms with E-state index in [2.05, 4.69) is 18.0 Å². The monoisotopic (exact) mass is 598 g/mol. The molecule has 0 unspecified atom stereocenters. The van der Waals surface area contributed by atoms with Gasteiger partial charge in [0.25, 0.3) is 0 Å². The third-order valence-electron chi connectivity index (χ3n) is 7.62. The number of likely N-dealkylation sites (N-methyl/N-ethyl adjacent to an activating group) is 1. The van der Waals surface area contributed by atoms with Crippen LogP contribution in [0.15, 0.2) is 107 Å². The van der Waals surface area contributed by atoms with E-state index in [1.54, 1.807) is 38.5 Å². The van der Waals surface area contributed by atoms with Crippen molar-refractivity contribution in [2.75, 3.05) is 41.0 Å². The zero-order chi connectivity index (χ0) is 30.4. The number of benzene rings is 3. The summed E-state index contributed by atoms with van der Waals surface area (Å²) in [5.74, 6) is 2.12. The Morgan fingerprint density at radius 1 is 0.837 bits per heavy atom. The van der Waals surface area contributed by atoms with Crippen LogP contribution in [-0.2, 0) is 16.3 Å². The Labute approximate surface area is 254 Å². The van der Waals surface area contributed by atoms with E-state index in [9.17, 15) is 8.42 Å². The van der Waals surface area contributed by atoms with Gasteiger partial charge in [-0.2, -0.15) is 0 Å². The van der Waals surface area contributed by atoms with Gasteiger partial charge in [-0.25, -0.2) is 8.42 Å². The number of rotatable bonds is 13. The van der Waals surface area contributed by atoms with Crippen LogP contribution in [-0.4, -0.2) is 58.7 Å². The standard InChI is InChI=1S/C35H38N2O5S/c1-26-10-8-21-37-25-31(28-11-6-5-7-12-28)35(34(26)37)43(38,39)30-16-14-29(15-17-30)42-23-9-20-36(2)22-19-27-13-18-32(40-3)33(24-27)41-4/h5-8,10-18,21,24-25H,9,19-20,22-23H2,1-4H3. The highest BCUT2D eigenvalue weighted by Gasteiger charge is 2.27. The molecule has 0 bridgehead atoms. The first-order valence-corrected chi connectivity index (χ1v) is 15.8. The van der Waals surface area contributed by atoms with Crippen LogP contribution in [0.5, 0.6) is 17.2 Å². The summed E-state index contributed by atoms with van der Waals surface area (Å²) < 4.78 is 46.7. The molecule has 0 aliphatic carbocycles. The van der Waals surface area contributed by atoms with E-state index in [1.165, 1.54) is 5.56 Å². The molecule has 8 heteroatoms. The first-order valence-electron chi connectivity index (χ1n) is 14.3. The SMILES string of the molecule is COc1ccc(CCN(C)CCCOc2ccc(S(=O)(=O)c3c(-c4ccccc4)cn4cccc(C)c34)cc2)cc1OC. The number of pyridine rings is 1. The summed E-state index contributed by atoms with van der Waals surface area (Å²) in [5, 5.41) is 0. The van der Waals surface area contributed by atoms with Crippen LogP contribution in [0.3, 0.4) is 0 Å². The van der Waals surface area contributed by atoms with E-state index >= 15 is 0 Å². The Morgan fingerprint density at radius 3 is 2.30 bits per heavy atom. The second kappa shape index (κ2) is 13.4. The van der Waals surface area contributed by atoms with Gasteiger partial charge in [-0.05, 0) is 86.0 Å². The molecule has 5 rings (SSSR count). The van der Waals surface area contributed by atoms with Gasteiger partial charge >= 0.3 is 0 Å². The van der Waals surface area contributed by atoms with Crippen LogP contribution in [0.1, 0.15) is 17.5 Å². The Bertz CT molecular complexity index is 1780. The van der Waals surface area contributed by atoms with E-state index < -0.39 is 9.84 Å². The van der Waals surface area contributed by atoms with Crippen LogP contribution in [0, 0.1) is 6.92 Å². The van der Waals surface area contributed by atoms with Crippen molar-refractivity contribution in [3.63, 3.8) is 0 Å². The fraction of sp³-hybridized carbons (Fsp3) is 0.257. The van der Waals surface area contributed by atoms with E-state index in [-0.39, 0.29) is 4.90 Å². The molecule has 2 aromatic heterocycles. The minimum atomic E-state index is -3.81. The Kier molecular flexibility index (Phi) is 9.38. The smallest absolute Gasteiger partial charge is 0.209 e. The minimum absolute atomic E-state index is 0.239. The van der Waals surface area contributed by atoms with Crippen LogP contribution in [0.2, 0.25) is 0 Å². The number of hydrogen-bond acceptors (Lipinski definition) is 6. The van der Waals surface area contributed by atoms with Crippen molar-refractivity contribution in [3.8, 4) is 28.4 Å². The molecule has 43 heavy (non-hydrogen) atoms. The number of nitrogens with zero attached hydrogens (tertiary/aromatic N) is 2. The van der Waals surface area contributed by atoms with Crippen molar-refractivity contribution in [1.29, 1.82) is 0 Å². The number of fused-ring (bicyclic) bond motifs is 1. The Balaban J connectivity index is 1.21. The van der Waals surface area contributed by atoms with Gasteiger partial charge in [0, 0.05) is 31.0 Å². The van der Waals surface area contributed by atoms with Crippen LogP contribution in [0.25, 0.3) is 16.6 Å². The molecule has 7 nitrogen and oxygen atoms in total. The van der Waals surface area contributed by atoms with Gasteiger partial charge in [0.1, 0.15) is 10.6 Å². The lowest BCUT2D eigenvalue weighted by Crippen LogP contribution is -2.23. The number of sulfone groups is 1. The first-order chi connectivity index (χ1) is 20.8. The molecule has 224 valence electrons. The molecule has 0 amide bonds. The van der Waals surface area contributed by atoms with Gasteiger partial charge in [0.2, 0.25) is 9.84 Å². The van der Waals surface area contributed by atoms with Gasteiger partial charge in [-0.1, -0.05) is 42.5 Å². The Hall–Kier alpha value is -4.27. The molecule has 3 aromatic carbocycles. The quantitative estimate of drug-likeness (QED) is 0.140. The van der Waals surface area contributed by atoms with Gasteiger partial charge in [0.15, 0.2) is 11.5 Å².